The van der Waals surface area contributed by atoms with Crippen molar-refractivity contribution in [1.29, 1.82) is 5.26 Å². The van der Waals surface area contributed by atoms with E-state index in [-0.39, 0.29) is 0 Å². The van der Waals surface area contributed by atoms with Gasteiger partial charge in [-0.3, -0.25) is 9.59 Å². The first-order chi connectivity index (χ1) is 13.6. The Balaban J connectivity index is 2.28. The van der Waals surface area contributed by atoms with Crippen molar-refractivity contribution in [3.05, 3.63) is 48.4 Å². The number of aromatic nitrogens is 2. The van der Waals surface area contributed by atoms with Gasteiger partial charge in [-0.25, -0.2) is 9.97 Å². The molecule has 28 heavy (non-hydrogen) atoms. The summed E-state index contributed by atoms with van der Waals surface area (Å²) in [7, 11) is 0. The summed E-state index contributed by atoms with van der Waals surface area (Å²) in [6.45, 7) is 4.43. The van der Waals surface area contributed by atoms with Crippen LogP contribution in [0.15, 0.2) is 42.9 Å². The number of hydrogen-bond acceptors (Lipinski definition) is 7. The monoisotopic (exact) mass is 381 g/mol. The number of nitriles is 1. The normalized spacial score (nSPS) is 11.2. The van der Waals surface area contributed by atoms with Crippen LogP contribution in [0.1, 0.15) is 38.4 Å². The van der Waals surface area contributed by atoms with E-state index in [1.165, 1.54) is 19.4 Å². The maximum absolute atomic E-state index is 12.9. The van der Waals surface area contributed by atoms with E-state index < -0.39 is 18.0 Å². The topological polar surface area (TPSA) is 108 Å². The van der Waals surface area contributed by atoms with Crippen LogP contribution in [0.25, 0.3) is 0 Å². The van der Waals surface area contributed by atoms with Gasteiger partial charge in [-0.2, -0.15) is 5.26 Å². The molecule has 0 fully saturated rings. The van der Waals surface area contributed by atoms with Gasteiger partial charge in [0, 0.05) is 25.6 Å². The molecule has 0 aliphatic rings. The molecular formula is C20H23N5O3. The molecule has 1 heterocycles. The number of benzene rings is 1. The van der Waals surface area contributed by atoms with Crippen LogP contribution in [-0.2, 0) is 14.3 Å². The molecule has 1 aromatic carbocycles. The zero-order valence-electron chi connectivity index (χ0n) is 16.0. The molecule has 1 N–H and O–H groups in total. The van der Waals surface area contributed by atoms with Crippen LogP contribution in [0.3, 0.4) is 0 Å². The third-order valence-electron chi connectivity index (χ3n) is 3.86. The molecular weight excluding hydrogens is 358 g/mol. The number of nitrogens with one attached hydrogen (secondary N) is 1. The van der Waals surface area contributed by atoms with Crippen molar-refractivity contribution in [2.75, 3.05) is 23.3 Å². The molecule has 1 amide bonds. The average Bonchev–Trinajstić information content (AvgIpc) is 2.70. The van der Waals surface area contributed by atoms with E-state index >= 15 is 0 Å². The fourth-order valence-electron chi connectivity index (χ4n) is 2.71. The predicted octanol–water partition coefficient (Wildman–Crippen LogP) is 2.85. The van der Waals surface area contributed by atoms with Gasteiger partial charge in [-0.1, -0.05) is 37.3 Å². The molecule has 146 valence electrons. The number of nitrogens with zero attached hydrogens (tertiary/aromatic N) is 4. The van der Waals surface area contributed by atoms with Crippen molar-refractivity contribution in [3.63, 3.8) is 0 Å². The maximum atomic E-state index is 12.9. The number of carbonyl (C=O) groups is 2. The van der Waals surface area contributed by atoms with Gasteiger partial charge in [0.2, 0.25) is 6.10 Å². The Hall–Kier alpha value is -3.47. The van der Waals surface area contributed by atoms with E-state index in [1.807, 2.05) is 17.9 Å². The highest BCUT2D eigenvalue weighted by atomic mass is 16.5. The van der Waals surface area contributed by atoms with Crippen LogP contribution in [0.2, 0.25) is 0 Å². The van der Waals surface area contributed by atoms with Crippen LogP contribution in [0, 0.1) is 11.3 Å². The van der Waals surface area contributed by atoms with Crippen LogP contribution < -0.4 is 10.2 Å². The van der Waals surface area contributed by atoms with Crippen molar-refractivity contribution in [3.8, 4) is 6.07 Å². The van der Waals surface area contributed by atoms with Crippen molar-refractivity contribution in [2.24, 2.45) is 0 Å². The molecule has 2 aromatic rings. The fourth-order valence-corrected chi connectivity index (χ4v) is 2.71. The molecule has 8 heteroatoms. The first-order valence-corrected chi connectivity index (χ1v) is 9.01. The van der Waals surface area contributed by atoms with Gasteiger partial charge in [0.25, 0.3) is 5.91 Å². The highest BCUT2D eigenvalue weighted by molar-refractivity contribution is 5.97. The van der Waals surface area contributed by atoms with E-state index in [4.69, 9.17) is 10.00 Å². The number of hydrogen-bond donors (Lipinski definition) is 1. The van der Waals surface area contributed by atoms with Crippen molar-refractivity contribution >= 4 is 23.4 Å². The minimum atomic E-state index is -1.09. The Labute approximate surface area is 164 Å². The number of ether oxygens (including phenoxy) is 1. The molecule has 0 saturated carbocycles. The van der Waals surface area contributed by atoms with Crippen LogP contribution >= 0.6 is 0 Å². The third kappa shape index (κ3) is 5.77. The second-order valence-corrected chi connectivity index (χ2v) is 6.04. The molecule has 1 aromatic heterocycles. The molecule has 1 unspecified atom stereocenters. The Morgan fingerprint density at radius 2 is 2.04 bits per heavy atom. The standard InChI is InChI=1S/C20H23N5O3/c1-3-11-25(12-7-10-21)19-17(13-22-14-23-19)24-20(27)18(28-15(2)26)16-8-5-4-6-9-16/h4-6,8-9,13-14,18H,3,7,11-12H2,1-2H3,(H,24,27). The Morgan fingerprint density at radius 1 is 1.29 bits per heavy atom. The first-order valence-electron chi connectivity index (χ1n) is 9.01. The van der Waals surface area contributed by atoms with E-state index in [2.05, 4.69) is 21.4 Å². The number of carbonyl (C=O) groups excluding carboxylic acids is 2. The Bertz CT molecular complexity index is 835. The predicted molar refractivity (Wildman–Crippen MR) is 104 cm³/mol. The Morgan fingerprint density at radius 3 is 2.68 bits per heavy atom. The summed E-state index contributed by atoms with van der Waals surface area (Å²) in [5.74, 6) is -0.542. The summed E-state index contributed by atoms with van der Waals surface area (Å²) < 4.78 is 5.23. The number of rotatable bonds is 9. The summed E-state index contributed by atoms with van der Waals surface area (Å²) >= 11 is 0. The molecule has 2 rings (SSSR count). The van der Waals surface area contributed by atoms with E-state index in [0.717, 1.165) is 6.42 Å². The molecule has 0 spiro atoms. The minimum Gasteiger partial charge on any atom is -0.447 e. The average molecular weight is 381 g/mol. The van der Waals surface area contributed by atoms with Crippen molar-refractivity contribution < 1.29 is 14.3 Å². The Kier molecular flexibility index (Phi) is 7.91. The number of anilines is 2. The van der Waals surface area contributed by atoms with E-state index in [9.17, 15) is 9.59 Å². The third-order valence-corrected chi connectivity index (χ3v) is 3.86. The molecule has 0 radical (unpaired) electrons. The lowest BCUT2D eigenvalue weighted by Gasteiger charge is -2.25. The zero-order chi connectivity index (χ0) is 20.4. The lowest BCUT2D eigenvalue weighted by atomic mass is 10.1. The summed E-state index contributed by atoms with van der Waals surface area (Å²) in [5, 5.41) is 11.7. The van der Waals surface area contributed by atoms with Gasteiger partial charge in [0.1, 0.15) is 12.0 Å². The number of amides is 1. The van der Waals surface area contributed by atoms with Gasteiger partial charge >= 0.3 is 5.97 Å². The second-order valence-electron chi connectivity index (χ2n) is 6.04. The second kappa shape index (κ2) is 10.6. The molecule has 0 bridgehead atoms. The highest BCUT2D eigenvalue weighted by Crippen LogP contribution is 2.25. The minimum absolute atomic E-state index is 0.331. The lowest BCUT2D eigenvalue weighted by Crippen LogP contribution is -2.30. The van der Waals surface area contributed by atoms with Crippen LogP contribution in [-0.4, -0.2) is 34.9 Å². The lowest BCUT2D eigenvalue weighted by molar-refractivity contribution is -0.152. The number of esters is 1. The van der Waals surface area contributed by atoms with E-state index in [0.29, 0.717) is 36.6 Å². The van der Waals surface area contributed by atoms with Gasteiger partial charge in [-0.15, -0.1) is 0 Å². The molecule has 8 nitrogen and oxygen atoms in total. The summed E-state index contributed by atoms with van der Waals surface area (Å²) in [6, 6.07) is 10.9. The molecule has 1 atom stereocenters. The SMILES string of the molecule is CCCN(CCC#N)c1ncncc1NC(=O)C(OC(C)=O)c1ccccc1. The van der Waals surface area contributed by atoms with Crippen LogP contribution in [0.4, 0.5) is 11.5 Å². The van der Waals surface area contributed by atoms with Gasteiger partial charge in [-0.05, 0) is 6.42 Å². The quantitative estimate of drug-likeness (QED) is 0.665. The molecule has 0 aliphatic carbocycles. The van der Waals surface area contributed by atoms with Crippen LogP contribution in [0.5, 0.6) is 0 Å². The highest BCUT2D eigenvalue weighted by Gasteiger charge is 2.25. The summed E-state index contributed by atoms with van der Waals surface area (Å²) in [6.07, 6.45) is 2.97. The van der Waals surface area contributed by atoms with Gasteiger partial charge in [0.05, 0.1) is 18.7 Å². The van der Waals surface area contributed by atoms with Gasteiger partial charge in [0.15, 0.2) is 5.82 Å². The first kappa shape index (κ1) is 20.8. The van der Waals surface area contributed by atoms with E-state index in [1.54, 1.807) is 24.3 Å². The maximum Gasteiger partial charge on any atom is 0.303 e. The van der Waals surface area contributed by atoms with Gasteiger partial charge < -0.3 is 15.0 Å². The fraction of sp³-hybridized carbons (Fsp3) is 0.350. The zero-order valence-corrected chi connectivity index (χ0v) is 16.0. The molecule has 0 aliphatic heterocycles. The largest absolute Gasteiger partial charge is 0.447 e. The van der Waals surface area contributed by atoms with Crippen molar-refractivity contribution in [1.82, 2.24) is 9.97 Å². The van der Waals surface area contributed by atoms with Crippen molar-refractivity contribution in [2.45, 2.75) is 32.8 Å². The molecule has 0 saturated heterocycles. The summed E-state index contributed by atoms with van der Waals surface area (Å²) in [4.78, 5) is 34.6. The smallest absolute Gasteiger partial charge is 0.303 e. The summed E-state index contributed by atoms with van der Waals surface area (Å²) in [5.41, 5.74) is 0.954.